The molecule has 7 heteroatoms. The average Bonchev–Trinajstić information content (AvgIpc) is 2.75. The van der Waals surface area contributed by atoms with E-state index in [1.807, 2.05) is 37.3 Å². The first-order chi connectivity index (χ1) is 14.0. The van der Waals surface area contributed by atoms with Gasteiger partial charge in [0.1, 0.15) is 12.4 Å². The second-order valence-corrected chi connectivity index (χ2v) is 7.66. The van der Waals surface area contributed by atoms with E-state index in [9.17, 15) is 14.0 Å². The molecule has 3 rings (SSSR count). The topological polar surface area (TPSA) is 52.7 Å². The third kappa shape index (κ3) is 5.55. The highest BCUT2D eigenvalue weighted by molar-refractivity contribution is 6.31. The zero-order chi connectivity index (χ0) is 20.8. The van der Waals surface area contributed by atoms with Crippen molar-refractivity contribution in [3.05, 3.63) is 70.5 Å². The number of carbonyl (C=O) groups is 2. The largest absolute Gasteiger partial charge is 0.339 e. The zero-order valence-electron chi connectivity index (χ0n) is 16.4. The number of rotatable bonds is 6. The van der Waals surface area contributed by atoms with Crippen LogP contribution in [0.5, 0.6) is 0 Å². The van der Waals surface area contributed by atoms with Crippen LogP contribution in [-0.4, -0.2) is 60.9 Å². The summed E-state index contributed by atoms with van der Waals surface area (Å²) in [6, 6.07) is 13.7. The van der Waals surface area contributed by atoms with E-state index in [1.54, 1.807) is 4.90 Å². The fourth-order valence-corrected chi connectivity index (χ4v) is 3.61. The second kappa shape index (κ2) is 9.85. The van der Waals surface area contributed by atoms with Gasteiger partial charge in [0.2, 0.25) is 5.91 Å². The highest BCUT2D eigenvalue weighted by atomic mass is 35.5. The number of hydrogen-bond acceptors (Lipinski definition) is 3. The van der Waals surface area contributed by atoms with Crippen LogP contribution in [0.25, 0.3) is 0 Å². The molecule has 0 aliphatic carbocycles. The van der Waals surface area contributed by atoms with Crippen LogP contribution in [0.1, 0.15) is 28.8 Å². The monoisotopic (exact) mass is 417 g/mol. The maximum atomic E-state index is 13.5. The molecule has 1 N–H and O–H groups in total. The van der Waals surface area contributed by atoms with Crippen LogP contribution in [0.4, 0.5) is 4.39 Å². The summed E-state index contributed by atoms with van der Waals surface area (Å²) in [6.07, 6.45) is 0. The van der Waals surface area contributed by atoms with Crippen LogP contribution in [0.2, 0.25) is 5.02 Å². The Hall–Kier alpha value is -2.44. The van der Waals surface area contributed by atoms with Gasteiger partial charge < -0.3 is 15.1 Å². The molecule has 1 unspecified atom stereocenters. The molecule has 0 saturated carbocycles. The molecule has 0 aromatic heterocycles. The molecule has 1 saturated heterocycles. The van der Waals surface area contributed by atoms with Gasteiger partial charge in [0.15, 0.2) is 0 Å². The summed E-state index contributed by atoms with van der Waals surface area (Å²) in [5, 5.41) is 3.10. The SMILES string of the molecule is CC(CN(CC(=O)N1CCNCC1)C(=O)c1ccc(F)c(Cl)c1)c1ccccc1. The first-order valence-corrected chi connectivity index (χ1v) is 10.1. The summed E-state index contributed by atoms with van der Waals surface area (Å²) < 4.78 is 13.5. The number of amides is 2. The summed E-state index contributed by atoms with van der Waals surface area (Å²) in [5.74, 6) is -0.970. The molecular weight excluding hydrogens is 393 g/mol. The smallest absolute Gasteiger partial charge is 0.254 e. The van der Waals surface area contributed by atoms with Gasteiger partial charge in [-0.05, 0) is 29.7 Å². The average molecular weight is 418 g/mol. The van der Waals surface area contributed by atoms with Crippen LogP contribution >= 0.6 is 11.6 Å². The number of hydrogen-bond donors (Lipinski definition) is 1. The summed E-state index contributed by atoms with van der Waals surface area (Å²) in [7, 11) is 0. The minimum atomic E-state index is -0.579. The normalized spacial score (nSPS) is 15.1. The standard InChI is InChI=1S/C22H25ClFN3O2/c1-16(17-5-3-2-4-6-17)14-27(15-21(28)26-11-9-25-10-12-26)22(29)18-7-8-20(24)19(23)13-18/h2-8,13,16,25H,9-12,14-15H2,1H3. The minimum absolute atomic E-state index is 0.0228. The molecule has 2 aromatic rings. The predicted molar refractivity (Wildman–Crippen MR) is 112 cm³/mol. The van der Waals surface area contributed by atoms with E-state index < -0.39 is 5.82 Å². The Kier molecular flexibility index (Phi) is 7.23. The summed E-state index contributed by atoms with van der Waals surface area (Å²) in [6.45, 7) is 5.10. The zero-order valence-corrected chi connectivity index (χ0v) is 17.2. The van der Waals surface area contributed by atoms with Crippen molar-refractivity contribution in [3.8, 4) is 0 Å². The Morgan fingerprint density at radius 1 is 1.17 bits per heavy atom. The van der Waals surface area contributed by atoms with Crippen molar-refractivity contribution in [3.63, 3.8) is 0 Å². The Bertz CT molecular complexity index is 856. The number of benzene rings is 2. The summed E-state index contributed by atoms with van der Waals surface area (Å²) in [4.78, 5) is 29.3. The Morgan fingerprint density at radius 2 is 1.86 bits per heavy atom. The molecule has 1 aliphatic heterocycles. The molecule has 154 valence electrons. The Balaban J connectivity index is 1.80. The fourth-order valence-electron chi connectivity index (χ4n) is 3.43. The molecule has 5 nitrogen and oxygen atoms in total. The van der Waals surface area contributed by atoms with E-state index in [0.717, 1.165) is 18.7 Å². The molecule has 0 bridgehead atoms. The van der Waals surface area contributed by atoms with E-state index in [2.05, 4.69) is 5.32 Å². The van der Waals surface area contributed by atoms with Gasteiger partial charge in [-0.2, -0.15) is 0 Å². The molecule has 1 aliphatic rings. The van der Waals surface area contributed by atoms with Crippen LogP contribution < -0.4 is 5.32 Å². The lowest BCUT2D eigenvalue weighted by molar-refractivity contribution is -0.132. The molecule has 1 fully saturated rings. The number of carbonyl (C=O) groups excluding carboxylic acids is 2. The van der Waals surface area contributed by atoms with Gasteiger partial charge in [-0.1, -0.05) is 48.9 Å². The maximum absolute atomic E-state index is 13.5. The number of piperazine rings is 1. The Labute approximate surface area is 175 Å². The fraction of sp³-hybridized carbons (Fsp3) is 0.364. The summed E-state index contributed by atoms with van der Waals surface area (Å²) in [5.41, 5.74) is 1.35. The number of nitrogens with one attached hydrogen (secondary N) is 1. The third-order valence-electron chi connectivity index (χ3n) is 5.11. The van der Waals surface area contributed by atoms with Crippen LogP contribution in [-0.2, 0) is 4.79 Å². The highest BCUT2D eigenvalue weighted by Gasteiger charge is 2.25. The van der Waals surface area contributed by atoms with E-state index in [4.69, 9.17) is 11.6 Å². The minimum Gasteiger partial charge on any atom is -0.339 e. The van der Waals surface area contributed by atoms with Gasteiger partial charge in [-0.3, -0.25) is 9.59 Å². The molecule has 2 amide bonds. The molecule has 29 heavy (non-hydrogen) atoms. The first kappa shape index (κ1) is 21.3. The number of halogens is 2. The van der Waals surface area contributed by atoms with Crippen LogP contribution in [0.15, 0.2) is 48.5 Å². The molecule has 1 atom stereocenters. The van der Waals surface area contributed by atoms with Crippen molar-refractivity contribution in [2.75, 3.05) is 39.3 Å². The van der Waals surface area contributed by atoms with Crippen molar-refractivity contribution in [2.24, 2.45) is 0 Å². The molecule has 0 radical (unpaired) electrons. The Morgan fingerprint density at radius 3 is 2.52 bits per heavy atom. The van der Waals surface area contributed by atoms with Gasteiger partial charge in [0.05, 0.1) is 5.02 Å². The van der Waals surface area contributed by atoms with Crippen molar-refractivity contribution in [1.29, 1.82) is 0 Å². The molecular formula is C22H25ClFN3O2. The number of nitrogens with zero attached hydrogens (tertiary/aromatic N) is 2. The first-order valence-electron chi connectivity index (χ1n) is 9.73. The predicted octanol–water partition coefficient (Wildman–Crippen LogP) is 3.16. The van der Waals surface area contributed by atoms with Crippen molar-refractivity contribution in [1.82, 2.24) is 15.1 Å². The van der Waals surface area contributed by atoms with Crippen LogP contribution in [0.3, 0.4) is 0 Å². The second-order valence-electron chi connectivity index (χ2n) is 7.26. The molecule has 0 spiro atoms. The molecule has 1 heterocycles. The molecule has 2 aromatic carbocycles. The third-order valence-corrected chi connectivity index (χ3v) is 5.40. The van der Waals surface area contributed by atoms with Gasteiger partial charge in [0, 0.05) is 38.3 Å². The quantitative estimate of drug-likeness (QED) is 0.785. The maximum Gasteiger partial charge on any atom is 0.254 e. The summed E-state index contributed by atoms with van der Waals surface area (Å²) >= 11 is 5.86. The lowest BCUT2D eigenvalue weighted by Crippen LogP contribution is -2.50. The van der Waals surface area contributed by atoms with E-state index in [0.29, 0.717) is 19.6 Å². The van der Waals surface area contributed by atoms with E-state index in [-0.39, 0.29) is 34.9 Å². The van der Waals surface area contributed by atoms with Gasteiger partial charge in [-0.15, -0.1) is 0 Å². The van der Waals surface area contributed by atoms with Gasteiger partial charge in [-0.25, -0.2) is 4.39 Å². The van der Waals surface area contributed by atoms with E-state index in [1.165, 1.54) is 23.1 Å². The highest BCUT2D eigenvalue weighted by Crippen LogP contribution is 2.20. The van der Waals surface area contributed by atoms with E-state index >= 15 is 0 Å². The van der Waals surface area contributed by atoms with Gasteiger partial charge in [0.25, 0.3) is 5.91 Å². The van der Waals surface area contributed by atoms with Crippen molar-refractivity contribution < 1.29 is 14.0 Å². The van der Waals surface area contributed by atoms with Gasteiger partial charge >= 0.3 is 0 Å². The van der Waals surface area contributed by atoms with Crippen molar-refractivity contribution >= 4 is 23.4 Å². The lowest BCUT2D eigenvalue weighted by atomic mass is 10.0. The van der Waals surface area contributed by atoms with Crippen LogP contribution in [0, 0.1) is 5.82 Å². The lowest BCUT2D eigenvalue weighted by Gasteiger charge is -2.31. The van der Waals surface area contributed by atoms with Crippen molar-refractivity contribution in [2.45, 2.75) is 12.8 Å².